The van der Waals surface area contributed by atoms with E-state index in [0.717, 1.165) is 5.52 Å². The first-order valence-corrected chi connectivity index (χ1v) is 3.90. The average molecular weight is 176 g/mol. The summed E-state index contributed by atoms with van der Waals surface area (Å²) in [6, 6.07) is 5.59. The number of nitrogens with zero attached hydrogens (tertiary/aromatic N) is 2. The Balaban J connectivity index is 2.51. The van der Waals surface area contributed by atoms with Crippen LogP contribution in [-0.2, 0) is 11.2 Å². The van der Waals surface area contributed by atoms with Gasteiger partial charge in [0.15, 0.2) is 0 Å². The normalized spacial score (nSPS) is 10.5. The Morgan fingerprint density at radius 2 is 2.38 bits per heavy atom. The summed E-state index contributed by atoms with van der Waals surface area (Å²) in [6.45, 7) is 0. The van der Waals surface area contributed by atoms with Crippen LogP contribution in [0.15, 0.2) is 30.7 Å². The predicted octanol–water partition coefficient (Wildman–Crippen LogP) is 0.961. The molecule has 0 saturated heterocycles. The SMILES string of the molecule is O=C(O)Cc1ncn2ccccc12. The molecule has 0 aliphatic rings. The van der Waals surface area contributed by atoms with E-state index in [1.807, 2.05) is 24.4 Å². The number of imidazole rings is 1. The molecule has 4 heteroatoms. The lowest BCUT2D eigenvalue weighted by atomic mass is 10.2. The molecule has 0 amide bonds. The summed E-state index contributed by atoms with van der Waals surface area (Å²) in [7, 11) is 0. The van der Waals surface area contributed by atoms with Crippen molar-refractivity contribution in [1.82, 2.24) is 9.38 Å². The minimum Gasteiger partial charge on any atom is -0.481 e. The van der Waals surface area contributed by atoms with Gasteiger partial charge in [-0.15, -0.1) is 0 Å². The molecule has 2 aromatic rings. The van der Waals surface area contributed by atoms with Gasteiger partial charge in [0.05, 0.1) is 24.0 Å². The maximum Gasteiger partial charge on any atom is 0.309 e. The molecule has 1 N–H and O–H groups in total. The summed E-state index contributed by atoms with van der Waals surface area (Å²) in [5.74, 6) is -0.857. The molecule has 0 fully saturated rings. The Labute approximate surface area is 74.5 Å². The topological polar surface area (TPSA) is 54.6 Å². The van der Waals surface area contributed by atoms with Gasteiger partial charge in [-0.25, -0.2) is 4.98 Å². The Morgan fingerprint density at radius 1 is 1.54 bits per heavy atom. The quantitative estimate of drug-likeness (QED) is 0.741. The molecule has 0 spiro atoms. The van der Waals surface area contributed by atoms with E-state index in [2.05, 4.69) is 4.98 Å². The highest BCUT2D eigenvalue weighted by Gasteiger charge is 2.06. The second-order valence-corrected chi connectivity index (χ2v) is 2.75. The lowest BCUT2D eigenvalue weighted by Gasteiger charge is -1.93. The number of carboxylic acid groups (broad SMARTS) is 1. The second-order valence-electron chi connectivity index (χ2n) is 2.75. The summed E-state index contributed by atoms with van der Waals surface area (Å²) in [5, 5.41) is 8.60. The summed E-state index contributed by atoms with van der Waals surface area (Å²) < 4.78 is 1.80. The molecule has 0 saturated carbocycles. The maximum absolute atomic E-state index is 10.5. The van der Waals surface area contributed by atoms with Gasteiger partial charge in [0.2, 0.25) is 0 Å². The molecule has 2 rings (SSSR count). The van der Waals surface area contributed by atoms with Crippen molar-refractivity contribution >= 4 is 11.5 Å². The minimum atomic E-state index is -0.857. The molecule has 13 heavy (non-hydrogen) atoms. The van der Waals surface area contributed by atoms with E-state index in [9.17, 15) is 4.79 Å². The maximum atomic E-state index is 10.5. The number of fused-ring (bicyclic) bond motifs is 1. The largest absolute Gasteiger partial charge is 0.481 e. The van der Waals surface area contributed by atoms with Gasteiger partial charge in [-0.2, -0.15) is 0 Å². The number of carbonyl (C=O) groups is 1. The highest BCUT2D eigenvalue weighted by atomic mass is 16.4. The molecule has 0 unspecified atom stereocenters. The molecule has 4 nitrogen and oxygen atoms in total. The summed E-state index contributed by atoms with van der Waals surface area (Å²) in [6.07, 6.45) is 3.43. The number of aromatic nitrogens is 2. The van der Waals surface area contributed by atoms with E-state index in [1.165, 1.54) is 0 Å². The van der Waals surface area contributed by atoms with Crippen LogP contribution in [0.3, 0.4) is 0 Å². The zero-order valence-corrected chi connectivity index (χ0v) is 6.84. The number of aliphatic carboxylic acids is 1. The average Bonchev–Trinajstić information content (AvgIpc) is 2.48. The van der Waals surface area contributed by atoms with Gasteiger partial charge in [-0.1, -0.05) is 6.07 Å². The lowest BCUT2D eigenvalue weighted by molar-refractivity contribution is -0.136. The predicted molar refractivity (Wildman–Crippen MR) is 46.5 cm³/mol. The van der Waals surface area contributed by atoms with Gasteiger partial charge in [-0.3, -0.25) is 4.79 Å². The first-order valence-electron chi connectivity index (χ1n) is 3.90. The zero-order chi connectivity index (χ0) is 9.26. The molecule has 0 aliphatic heterocycles. The Hall–Kier alpha value is -1.84. The van der Waals surface area contributed by atoms with Crippen LogP contribution < -0.4 is 0 Å². The molecule has 0 aliphatic carbocycles. The van der Waals surface area contributed by atoms with E-state index >= 15 is 0 Å². The van der Waals surface area contributed by atoms with Crippen molar-refractivity contribution in [3.05, 3.63) is 36.4 Å². The Kier molecular flexibility index (Phi) is 1.73. The van der Waals surface area contributed by atoms with Crippen LogP contribution in [0.4, 0.5) is 0 Å². The first kappa shape index (κ1) is 7.79. The van der Waals surface area contributed by atoms with Gasteiger partial charge in [-0.05, 0) is 12.1 Å². The van der Waals surface area contributed by atoms with Crippen molar-refractivity contribution in [2.45, 2.75) is 6.42 Å². The van der Waals surface area contributed by atoms with Gasteiger partial charge >= 0.3 is 5.97 Å². The van der Waals surface area contributed by atoms with E-state index in [-0.39, 0.29) is 6.42 Å². The third-order valence-electron chi connectivity index (χ3n) is 1.84. The summed E-state index contributed by atoms with van der Waals surface area (Å²) in [5.41, 5.74) is 1.46. The highest BCUT2D eigenvalue weighted by molar-refractivity contribution is 5.73. The van der Waals surface area contributed by atoms with Crippen LogP contribution >= 0.6 is 0 Å². The molecule has 2 heterocycles. The molecule has 0 radical (unpaired) electrons. The molecule has 0 atom stereocenters. The molecular weight excluding hydrogens is 168 g/mol. The number of hydrogen-bond donors (Lipinski definition) is 1. The monoisotopic (exact) mass is 176 g/mol. The van der Waals surface area contributed by atoms with Crippen LogP contribution in [0, 0.1) is 0 Å². The Morgan fingerprint density at radius 3 is 3.15 bits per heavy atom. The van der Waals surface area contributed by atoms with Gasteiger partial charge in [0, 0.05) is 6.20 Å². The van der Waals surface area contributed by atoms with Crippen molar-refractivity contribution in [3.63, 3.8) is 0 Å². The molecule has 0 bridgehead atoms. The molecule has 2 aromatic heterocycles. The molecule has 66 valence electrons. The van der Waals surface area contributed by atoms with E-state index in [1.54, 1.807) is 10.7 Å². The second kappa shape index (κ2) is 2.90. The highest BCUT2D eigenvalue weighted by Crippen LogP contribution is 2.08. The zero-order valence-electron chi connectivity index (χ0n) is 6.84. The fourth-order valence-electron chi connectivity index (χ4n) is 1.28. The van der Waals surface area contributed by atoms with Crippen LogP contribution in [0.1, 0.15) is 5.69 Å². The fraction of sp³-hybridized carbons (Fsp3) is 0.111. The van der Waals surface area contributed by atoms with Gasteiger partial charge in [0.1, 0.15) is 0 Å². The third kappa shape index (κ3) is 1.38. The minimum absolute atomic E-state index is 0.0273. The number of pyridine rings is 1. The number of carboxylic acids is 1. The van der Waals surface area contributed by atoms with Crippen LogP contribution in [0.2, 0.25) is 0 Å². The van der Waals surface area contributed by atoms with E-state index in [0.29, 0.717) is 5.69 Å². The van der Waals surface area contributed by atoms with Crippen molar-refractivity contribution in [2.24, 2.45) is 0 Å². The van der Waals surface area contributed by atoms with Crippen LogP contribution in [-0.4, -0.2) is 20.5 Å². The van der Waals surface area contributed by atoms with Gasteiger partial charge < -0.3 is 9.51 Å². The van der Waals surface area contributed by atoms with Crippen molar-refractivity contribution in [2.75, 3.05) is 0 Å². The molecule has 0 aromatic carbocycles. The number of rotatable bonds is 2. The number of hydrogen-bond acceptors (Lipinski definition) is 2. The smallest absolute Gasteiger partial charge is 0.309 e. The van der Waals surface area contributed by atoms with Crippen molar-refractivity contribution in [1.29, 1.82) is 0 Å². The Bertz CT molecular complexity index is 448. The van der Waals surface area contributed by atoms with Crippen molar-refractivity contribution < 1.29 is 9.90 Å². The lowest BCUT2D eigenvalue weighted by Crippen LogP contribution is -2.00. The van der Waals surface area contributed by atoms with E-state index in [4.69, 9.17) is 5.11 Å². The van der Waals surface area contributed by atoms with Gasteiger partial charge in [0.25, 0.3) is 0 Å². The first-order chi connectivity index (χ1) is 6.27. The van der Waals surface area contributed by atoms with Crippen LogP contribution in [0.25, 0.3) is 5.52 Å². The van der Waals surface area contributed by atoms with Crippen molar-refractivity contribution in [3.8, 4) is 0 Å². The summed E-state index contributed by atoms with van der Waals surface area (Å²) in [4.78, 5) is 14.5. The van der Waals surface area contributed by atoms with Crippen LogP contribution in [0.5, 0.6) is 0 Å². The standard InChI is InChI=1S/C9H8N2O2/c12-9(13)5-7-8-3-1-2-4-11(8)6-10-7/h1-4,6H,5H2,(H,12,13). The van der Waals surface area contributed by atoms with E-state index < -0.39 is 5.97 Å². The molecular formula is C9H8N2O2. The summed E-state index contributed by atoms with van der Waals surface area (Å²) >= 11 is 0. The third-order valence-corrected chi connectivity index (χ3v) is 1.84. The fourth-order valence-corrected chi connectivity index (χ4v) is 1.28.